The van der Waals surface area contributed by atoms with Crippen molar-refractivity contribution in [3.8, 4) is 33.6 Å². The summed E-state index contributed by atoms with van der Waals surface area (Å²) in [5, 5.41) is 5.03. The summed E-state index contributed by atoms with van der Waals surface area (Å²) in [4.78, 5) is 0. The fraction of sp³-hybridized carbons (Fsp3) is 0.229. The second-order valence-electron chi connectivity index (χ2n) is 24.6. The van der Waals surface area contributed by atoms with E-state index >= 15 is 0 Å². The summed E-state index contributed by atoms with van der Waals surface area (Å²) in [7, 11) is 0. The zero-order chi connectivity index (χ0) is 49.9. The van der Waals surface area contributed by atoms with Gasteiger partial charge in [-0.25, -0.2) is 0 Å². The molecule has 1 unspecified atom stereocenters. The van der Waals surface area contributed by atoms with E-state index in [4.69, 9.17) is 0 Å². The summed E-state index contributed by atoms with van der Waals surface area (Å²) in [6.07, 6.45) is 0. The Labute approximate surface area is 425 Å². The average molecular weight is 933 g/mol. The molecular weight excluding hydrogens is 869 g/mol. The van der Waals surface area contributed by atoms with Crippen molar-refractivity contribution in [2.75, 3.05) is 0 Å². The van der Waals surface area contributed by atoms with E-state index in [2.05, 4.69) is 273 Å². The van der Waals surface area contributed by atoms with E-state index < -0.39 is 5.41 Å². The molecule has 2 bridgehead atoms. The van der Waals surface area contributed by atoms with Crippen LogP contribution in [0.25, 0.3) is 77.2 Å². The summed E-state index contributed by atoms with van der Waals surface area (Å²) in [5.74, 6) is 0. The fourth-order valence-corrected chi connectivity index (χ4v) is 13.1. The van der Waals surface area contributed by atoms with Gasteiger partial charge in [0.2, 0.25) is 0 Å². The molecule has 0 amide bonds. The molecule has 11 aromatic rings. The number of benzene rings is 9. The lowest BCUT2D eigenvalue weighted by molar-refractivity contribution is 0.546. The first-order chi connectivity index (χ1) is 34.3. The highest BCUT2D eigenvalue weighted by atomic mass is 15.0. The minimum absolute atomic E-state index is 0.0189. The number of hydrogen-bond donors (Lipinski definition) is 0. The SMILES string of the molecule is CC(C)(C)c1ccc(C23c4ccc(C(C)(C)C)c(c4)C(C)(C)c4cc(C(C)(C)C)cc(c42)-c2cc(-n4c5ccccc5c5cc(-c6ccc7c(c6)c6ccccc6n7-c6ccccc6)ccc54)ccc23)cc1. The maximum Gasteiger partial charge on any atom is 0.0716 e. The molecule has 2 aromatic heterocycles. The van der Waals surface area contributed by atoms with Crippen LogP contribution in [0.15, 0.2) is 188 Å². The molecule has 2 heterocycles. The molecule has 0 fully saturated rings. The van der Waals surface area contributed by atoms with Crippen molar-refractivity contribution in [1.29, 1.82) is 0 Å². The molecule has 0 radical (unpaired) electrons. The maximum atomic E-state index is 2.60. The summed E-state index contributed by atoms with van der Waals surface area (Å²) in [6.45, 7) is 26.2. The minimum Gasteiger partial charge on any atom is -0.309 e. The van der Waals surface area contributed by atoms with Gasteiger partial charge in [-0.05, 0) is 149 Å². The summed E-state index contributed by atoms with van der Waals surface area (Å²) < 4.78 is 4.91. The second kappa shape index (κ2) is 15.1. The minimum atomic E-state index is -0.519. The predicted molar refractivity (Wildman–Crippen MR) is 306 cm³/mol. The van der Waals surface area contributed by atoms with Crippen LogP contribution in [0.5, 0.6) is 0 Å². The Morgan fingerprint density at radius 1 is 0.347 bits per heavy atom. The van der Waals surface area contributed by atoms with E-state index in [1.165, 1.54) is 127 Å². The number of aromatic nitrogens is 2. The number of fused-ring (bicyclic) bond motifs is 12. The summed E-state index contributed by atoms with van der Waals surface area (Å²) in [5.41, 5.74) is 24.0. The molecule has 0 aliphatic heterocycles. The Bertz CT molecular complexity index is 4040. The van der Waals surface area contributed by atoms with E-state index in [-0.39, 0.29) is 21.7 Å². The lowest BCUT2D eigenvalue weighted by atomic mass is 9.65. The average Bonchev–Trinajstić information content (AvgIpc) is 3.97. The van der Waals surface area contributed by atoms with Crippen molar-refractivity contribution >= 4 is 43.6 Å². The third-order valence-corrected chi connectivity index (χ3v) is 16.8. The van der Waals surface area contributed by atoms with Crippen LogP contribution in [0.3, 0.4) is 0 Å². The fourth-order valence-electron chi connectivity index (χ4n) is 13.1. The van der Waals surface area contributed by atoms with Crippen LogP contribution in [0.1, 0.15) is 126 Å². The lowest BCUT2D eigenvalue weighted by Gasteiger charge is -2.37. The van der Waals surface area contributed by atoms with Crippen molar-refractivity contribution in [3.05, 3.63) is 238 Å². The molecular formula is C70H64N2. The van der Waals surface area contributed by atoms with Gasteiger partial charge >= 0.3 is 0 Å². The molecule has 1 atom stereocenters. The van der Waals surface area contributed by atoms with E-state index in [1.54, 1.807) is 0 Å². The Balaban J connectivity index is 1.04. The van der Waals surface area contributed by atoms with E-state index in [0.29, 0.717) is 0 Å². The number of rotatable bonds is 4. The molecule has 13 rings (SSSR count). The third-order valence-electron chi connectivity index (χ3n) is 16.8. The van der Waals surface area contributed by atoms with Crippen molar-refractivity contribution in [3.63, 3.8) is 0 Å². The first-order valence-electron chi connectivity index (χ1n) is 26.1. The van der Waals surface area contributed by atoms with E-state index in [1.807, 2.05) is 0 Å². The quantitative estimate of drug-likeness (QED) is 0.166. The molecule has 72 heavy (non-hydrogen) atoms. The first kappa shape index (κ1) is 44.5. The smallest absolute Gasteiger partial charge is 0.0716 e. The van der Waals surface area contributed by atoms with Gasteiger partial charge < -0.3 is 9.13 Å². The molecule has 0 saturated carbocycles. The van der Waals surface area contributed by atoms with Crippen molar-refractivity contribution in [2.24, 2.45) is 0 Å². The van der Waals surface area contributed by atoms with Gasteiger partial charge in [-0.1, -0.05) is 204 Å². The van der Waals surface area contributed by atoms with Crippen LogP contribution in [0.4, 0.5) is 0 Å². The van der Waals surface area contributed by atoms with Gasteiger partial charge in [0, 0.05) is 38.3 Å². The molecule has 0 spiro atoms. The molecule has 2 nitrogen and oxygen atoms in total. The van der Waals surface area contributed by atoms with Gasteiger partial charge in [-0.15, -0.1) is 0 Å². The Hall–Kier alpha value is -7.42. The lowest BCUT2D eigenvalue weighted by Crippen LogP contribution is -2.31. The molecule has 2 heteroatoms. The van der Waals surface area contributed by atoms with Crippen LogP contribution >= 0.6 is 0 Å². The topological polar surface area (TPSA) is 9.86 Å². The standard InChI is InChI=1S/C70H64N2/c1-66(2,3)45-27-29-46(30-28-45)70-47-31-33-58(68(7,8)9)59(40-47)69(10,11)60-41-48(67(4,5)6)39-56(65(60)70)53-42-50(32-34-57(53)70)72-62-24-18-16-22-52(62)55-38-44(26-36-64(55)72)43-25-35-63-54(37-43)51-21-15-17-23-61(51)71(63)49-19-13-12-14-20-49/h12-42H,1-11H3. The van der Waals surface area contributed by atoms with Gasteiger partial charge in [0.25, 0.3) is 0 Å². The largest absolute Gasteiger partial charge is 0.309 e. The third kappa shape index (κ3) is 6.27. The van der Waals surface area contributed by atoms with E-state index in [0.717, 1.165) is 0 Å². The zero-order valence-corrected chi connectivity index (χ0v) is 43.8. The van der Waals surface area contributed by atoms with Crippen LogP contribution in [0, 0.1) is 0 Å². The van der Waals surface area contributed by atoms with Crippen LogP contribution < -0.4 is 0 Å². The summed E-state index contributed by atoms with van der Waals surface area (Å²) in [6, 6.07) is 72.5. The number of nitrogens with zero attached hydrogens (tertiary/aromatic N) is 2. The zero-order valence-electron chi connectivity index (χ0n) is 43.8. The highest BCUT2D eigenvalue weighted by molar-refractivity contribution is 6.13. The normalized spacial score (nSPS) is 16.2. The number of hydrogen-bond acceptors (Lipinski definition) is 0. The highest BCUT2D eigenvalue weighted by Crippen LogP contribution is 2.63. The van der Waals surface area contributed by atoms with Gasteiger partial charge in [-0.2, -0.15) is 0 Å². The first-order valence-corrected chi connectivity index (χ1v) is 26.1. The van der Waals surface area contributed by atoms with E-state index in [9.17, 15) is 0 Å². The second-order valence-corrected chi connectivity index (χ2v) is 24.6. The molecule has 354 valence electrons. The molecule has 0 saturated heterocycles. The molecule has 2 aliphatic carbocycles. The number of para-hydroxylation sites is 3. The monoisotopic (exact) mass is 933 g/mol. The predicted octanol–water partition coefficient (Wildman–Crippen LogP) is 18.4. The van der Waals surface area contributed by atoms with Gasteiger partial charge in [-0.3, -0.25) is 0 Å². The van der Waals surface area contributed by atoms with Crippen molar-refractivity contribution in [2.45, 2.75) is 103 Å². The molecule has 9 aromatic carbocycles. The van der Waals surface area contributed by atoms with Crippen LogP contribution in [-0.4, -0.2) is 9.13 Å². The maximum absolute atomic E-state index is 2.60. The van der Waals surface area contributed by atoms with Crippen molar-refractivity contribution in [1.82, 2.24) is 9.13 Å². The summed E-state index contributed by atoms with van der Waals surface area (Å²) >= 11 is 0. The molecule has 0 N–H and O–H groups in total. The highest BCUT2D eigenvalue weighted by Gasteiger charge is 2.52. The van der Waals surface area contributed by atoms with Gasteiger partial charge in [0.05, 0.1) is 27.5 Å². The Morgan fingerprint density at radius 2 is 0.889 bits per heavy atom. The van der Waals surface area contributed by atoms with Crippen molar-refractivity contribution < 1.29 is 0 Å². The Kier molecular flexibility index (Phi) is 9.31. The van der Waals surface area contributed by atoms with Gasteiger partial charge in [0.15, 0.2) is 0 Å². The Morgan fingerprint density at radius 3 is 1.47 bits per heavy atom. The molecule has 2 aliphatic rings. The van der Waals surface area contributed by atoms with Crippen LogP contribution in [0.2, 0.25) is 0 Å². The van der Waals surface area contributed by atoms with Gasteiger partial charge in [0.1, 0.15) is 0 Å². The van der Waals surface area contributed by atoms with Crippen LogP contribution in [-0.2, 0) is 27.1 Å².